The average Bonchev–Trinajstić information content (AvgIpc) is 3.23. The molecule has 0 unspecified atom stereocenters. The fraction of sp³-hybridized carbons (Fsp3) is 0.250. The molecule has 0 aliphatic carbocycles. The number of benzene rings is 1. The quantitative estimate of drug-likeness (QED) is 0.509. The number of rotatable bonds is 7. The van der Waals surface area contributed by atoms with Gasteiger partial charge in [0.25, 0.3) is 5.56 Å². The molecular weight excluding hydrogens is 390 g/mol. The van der Waals surface area contributed by atoms with Gasteiger partial charge in [-0.3, -0.25) is 14.3 Å². The lowest BCUT2D eigenvalue weighted by Crippen LogP contribution is -2.45. The summed E-state index contributed by atoms with van der Waals surface area (Å²) in [5.41, 5.74) is 6.19. The molecule has 0 spiro atoms. The normalized spacial score (nSPS) is 10.7. The minimum Gasteiger partial charge on any atom is -0.467 e. The molecule has 3 rings (SSSR count). The largest absolute Gasteiger partial charge is 0.467 e. The van der Waals surface area contributed by atoms with E-state index in [0.29, 0.717) is 24.0 Å². The van der Waals surface area contributed by atoms with Gasteiger partial charge in [-0.2, -0.15) is 0 Å². The number of nitrogens with one attached hydrogen (secondary N) is 2. The van der Waals surface area contributed by atoms with Gasteiger partial charge >= 0.3 is 5.69 Å². The van der Waals surface area contributed by atoms with E-state index in [-0.39, 0.29) is 18.1 Å². The first-order chi connectivity index (χ1) is 14.0. The van der Waals surface area contributed by atoms with Crippen molar-refractivity contribution in [3.63, 3.8) is 0 Å². The first-order valence-electron chi connectivity index (χ1n) is 9.25. The molecule has 3 aromatic rings. The zero-order valence-electron chi connectivity index (χ0n) is 16.1. The second-order valence-electron chi connectivity index (χ2n) is 6.45. The molecule has 0 atom stereocenters. The van der Waals surface area contributed by atoms with Crippen molar-refractivity contribution in [3.8, 4) is 0 Å². The number of thiocarbonyl (C=S) groups is 1. The average molecular weight is 414 g/mol. The van der Waals surface area contributed by atoms with E-state index in [4.69, 9.17) is 22.4 Å². The lowest BCUT2D eigenvalue weighted by Gasteiger charge is -2.26. The second kappa shape index (κ2) is 9.24. The van der Waals surface area contributed by atoms with Crippen LogP contribution in [0.4, 0.5) is 11.5 Å². The van der Waals surface area contributed by atoms with Crippen LogP contribution in [0.1, 0.15) is 24.7 Å². The van der Waals surface area contributed by atoms with Gasteiger partial charge < -0.3 is 20.4 Å². The van der Waals surface area contributed by atoms with Crippen LogP contribution in [0, 0.1) is 0 Å². The van der Waals surface area contributed by atoms with Crippen molar-refractivity contribution in [2.75, 3.05) is 17.2 Å². The molecule has 0 bridgehead atoms. The van der Waals surface area contributed by atoms with E-state index in [2.05, 4.69) is 10.3 Å². The van der Waals surface area contributed by atoms with Crippen molar-refractivity contribution in [2.45, 2.75) is 26.4 Å². The van der Waals surface area contributed by atoms with Gasteiger partial charge in [0.05, 0.1) is 19.4 Å². The molecule has 29 heavy (non-hydrogen) atoms. The summed E-state index contributed by atoms with van der Waals surface area (Å²) in [5, 5.41) is 3.40. The van der Waals surface area contributed by atoms with Crippen LogP contribution in [0.2, 0.25) is 0 Å². The van der Waals surface area contributed by atoms with E-state index >= 15 is 0 Å². The molecule has 0 radical (unpaired) electrons. The Morgan fingerprint density at radius 1 is 1.24 bits per heavy atom. The van der Waals surface area contributed by atoms with Gasteiger partial charge in [-0.25, -0.2) is 4.79 Å². The molecule has 0 saturated carbocycles. The van der Waals surface area contributed by atoms with Gasteiger partial charge in [0.1, 0.15) is 11.6 Å². The molecule has 152 valence electrons. The van der Waals surface area contributed by atoms with E-state index in [1.54, 1.807) is 17.2 Å². The molecule has 1 aromatic carbocycles. The number of hydrogen-bond acceptors (Lipinski definition) is 5. The minimum atomic E-state index is -0.576. The Hall–Kier alpha value is -3.33. The Labute approximate surface area is 173 Å². The highest BCUT2D eigenvalue weighted by atomic mass is 32.1. The summed E-state index contributed by atoms with van der Waals surface area (Å²) in [6.07, 6.45) is 2.30. The topological polar surface area (TPSA) is 109 Å². The summed E-state index contributed by atoms with van der Waals surface area (Å²) in [6, 6.07) is 13.0. The van der Waals surface area contributed by atoms with Crippen LogP contribution in [-0.4, -0.2) is 21.2 Å². The first kappa shape index (κ1) is 20.4. The zero-order valence-corrected chi connectivity index (χ0v) is 16.9. The van der Waals surface area contributed by atoms with E-state index in [0.717, 1.165) is 12.0 Å². The summed E-state index contributed by atoms with van der Waals surface area (Å²) in [6.45, 7) is 3.03. The van der Waals surface area contributed by atoms with Crippen molar-refractivity contribution >= 4 is 28.8 Å². The molecule has 0 fully saturated rings. The van der Waals surface area contributed by atoms with Crippen LogP contribution < -0.4 is 27.2 Å². The lowest BCUT2D eigenvalue weighted by atomic mass is 10.2. The molecule has 8 nitrogen and oxygen atoms in total. The maximum atomic E-state index is 12.6. The van der Waals surface area contributed by atoms with Crippen molar-refractivity contribution in [2.24, 2.45) is 0 Å². The zero-order chi connectivity index (χ0) is 20.8. The highest BCUT2D eigenvalue weighted by Crippen LogP contribution is 2.18. The maximum Gasteiger partial charge on any atom is 0.330 e. The molecule has 0 aliphatic heterocycles. The number of nitrogens with zero attached hydrogens (tertiary/aromatic N) is 2. The monoisotopic (exact) mass is 413 g/mol. The number of nitrogen functional groups attached to an aromatic ring is 1. The van der Waals surface area contributed by atoms with E-state index in [1.165, 1.54) is 4.57 Å². The molecule has 2 heterocycles. The highest BCUT2D eigenvalue weighted by Gasteiger charge is 2.21. The SMILES string of the molecule is CCCN(C(=S)NCc1ccco1)c1c(N)n(Cc2ccccc2)c(=O)[nH]c1=O. The van der Waals surface area contributed by atoms with Gasteiger partial charge in [-0.15, -0.1) is 0 Å². The number of hydrogen-bond donors (Lipinski definition) is 3. The number of aromatic amines is 1. The van der Waals surface area contributed by atoms with Crippen molar-refractivity contribution in [1.82, 2.24) is 14.9 Å². The Kier molecular flexibility index (Phi) is 6.50. The molecule has 0 saturated heterocycles. The van der Waals surface area contributed by atoms with Gasteiger partial charge in [0, 0.05) is 6.54 Å². The number of aromatic nitrogens is 2. The van der Waals surface area contributed by atoms with Gasteiger partial charge in [0.15, 0.2) is 10.8 Å². The first-order valence-corrected chi connectivity index (χ1v) is 9.66. The fourth-order valence-corrected chi connectivity index (χ4v) is 3.23. The Morgan fingerprint density at radius 3 is 2.66 bits per heavy atom. The van der Waals surface area contributed by atoms with Crippen LogP contribution in [0.15, 0.2) is 62.7 Å². The molecule has 2 aromatic heterocycles. The summed E-state index contributed by atoms with van der Waals surface area (Å²) in [5.74, 6) is 0.776. The van der Waals surface area contributed by atoms with Crippen LogP contribution >= 0.6 is 12.2 Å². The molecule has 0 amide bonds. The van der Waals surface area contributed by atoms with Crippen molar-refractivity contribution in [3.05, 3.63) is 80.9 Å². The van der Waals surface area contributed by atoms with Crippen LogP contribution in [0.3, 0.4) is 0 Å². The smallest absolute Gasteiger partial charge is 0.330 e. The number of nitrogens with two attached hydrogens (primary N) is 1. The fourth-order valence-electron chi connectivity index (χ4n) is 2.97. The van der Waals surface area contributed by atoms with E-state index in [9.17, 15) is 9.59 Å². The predicted molar refractivity (Wildman–Crippen MR) is 117 cm³/mol. The van der Waals surface area contributed by atoms with Crippen molar-refractivity contribution in [1.29, 1.82) is 0 Å². The minimum absolute atomic E-state index is 0.0678. The third-order valence-electron chi connectivity index (χ3n) is 4.35. The Morgan fingerprint density at radius 2 is 2.00 bits per heavy atom. The Balaban J connectivity index is 1.94. The van der Waals surface area contributed by atoms with Crippen LogP contribution in [0.5, 0.6) is 0 Å². The highest BCUT2D eigenvalue weighted by molar-refractivity contribution is 7.80. The third kappa shape index (κ3) is 4.75. The summed E-state index contributed by atoms with van der Waals surface area (Å²) in [7, 11) is 0. The summed E-state index contributed by atoms with van der Waals surface area (Å²) in [4.78, 5) is 29.0. The van der Waals surface area contributed by atoms with Crippen LogP contribution in [0.25, 0.3) is 0 Å². The second-order valence-corrected chi connectivity index (χ2v) is 6.84. The standard InChI is InChI=1S/C20H23N5O3S/c1-2-10-24(20(29)22-12-15-9-6-11-28-15)16-17(21)25(19(27)23-18(16)26)13-14-7-4-3-5-8-14/h3-9,11H,2,10,12-13,21H2,1H3,(H,22,29)(H,23,26,27). The van der Waals surface area contributed by atoms with Crippen molar-refractivity contribution < 1.29 is 4.42 Å². The lowest BCUT2D eigenvalue weighted by molar-refractivity contribution is 0.503. The number of anilines is 2. The maximum absolute atomic E-state index is 12.6. The third-order valence-corrected chi connectivity index (χ3v) is 4.72. The summed E-state index contributed by atoms with van der Waals surface area (Å²) < 4.78 is 6.64. The summed E-state index contributed by atoms with van der Waals surface area (Å²) >= 11 is 5.50. The van der Waals surface area contributed by atoms with E-state index in [1.807, 2.05) is 43.3 Å². The Bertz CT molecular complexity index is 1070. The number of furan rings is 1. The molecule has 0 aliphatic rings. The van der Waals surface area contributed by atoms with Gasteiger partial charge in [0.2, 0.25) is 0 Å². The molecule has 9 heteroatoms. The number of H-pyrrole nitrogens is 1. The predicted octanol–water partition coefficient (Wildman–Crippen LogP) is 2.05. The van der Waals surface area contributed by atoms with Crippen LogP contribution in [-0.2, 0) is 13.1 Å². The molecule has 4 N–H and O–H groups in total. The van der Waals surface area contributed by atoms with Gasteiger partial charge in [-0.1, -0.05) is 37.3 Å². The van der Waals surface area contributed by atoms with E-state index < -0.39 is 11.2 Å². The van der Waals surface area contributed by atoms with Gasteiger partial charge in [-0.05, 0) is 36.3 Å². The molecular formula is C20H23N5O3S.